The molecule has 0 fully saturated rings. The number of hydrogen-bond donors (Lipinski definition) is 0. The Morgan fingerprint density at radius 3 is 2.15 bits per heavy atom. The first kappa shape index (κ1) is 24.8. The fourth-order valence-corrected chi connectivity index (χ4v) is 4.67. The van der Waals surface area contributed by atoms with Crippen molar-refractivity contribution in [2.45, 2.75) is 26.8 Å². The molecule has 3 rings (SSSR count). The molecule has 0 aliphatic rings. The minimum Gasteiger partial charge on any atom is -0.493 e. The van der Waals surface area contributed by atoms with Crippen molar-refractivity contribution >= 4 is 17.0 Å². The van der Waals surface area contributed by atoms with Crippen molar-refractivity contribution in [2.75, 3.05) is 41.0 Å². The van der Waals surface area contributed by atoms with Crippen LogP contribution in [0.4, 0.5) is 10.1 Å². The average Bonchev–Trinajstić information content (AvgIpc) is 3.24. The van der Waals surface area contributed by atoms with E-state index in [1.54, 1.807) is 44.8 Å². The fraction of sp³-hybridized carbons (Fsp3) is 0.400. The van der Waals surface area contributed by atoms with Gasteiger partial charge in [0.05, 0.1) is 32.7 Å². The van der Waals surface area contributed by atoms with Crippen LogP contribution < -0.4 is 19.0 Å². The summed E-state index contributed by atoms with van der Waals surface area (Å²) in [5.41, 5.74) is 2.68. The van der Waals surface area contributed by atoms with Gasteiger partial charge in [0.15, 0.2) is 16.3 Å². The second kappa shape index (κ2) is 11.9. The molecule has 0 spiro atoms. The van der Waals surface area contributed by atoms with E-state index in [0.29, 0.717) is 22.9 Å². The van der Waals surface area contributed by atoms with Crippen molar-refractivity contribution in [3.63, 3.8) is 0 Å². The molecule has 8 heteroatoms. The predicted molar refractivity (Wildman–Crippen MR) is 131 cm³/mol. The molecule has 0 atom stereocenters. The van der Waals surface area contributed by atoms with Crippen LogP contribution in [0.2, 0.25) is 0 Å². The second-order valence-corrected chi connectivity index (χ2v) is 8.27. The van der Waals surface area contributed by atoms with Gasteiger partial charge < -0.3 is 23.7 Å². The summed E-state index contributed by atoms with van der Waals surface area (Å²) in [5, 5.41) is 2.08. The van der Waals surface area contributed by atoms with Gasteiger partial charge >= 0.3 is 0 Å². The van der Waals surface area contributed by atoms with Gasteiger partial charge in [0.25, 0.3) is 0 Å². The molecule has 0 radical (unpaired) electrons. The highest BCUT2D eigenvalue weighted by Crippen LogP contribution is 2.41. The van der Waals surface area contributed by atoms with Gasteiger partial charge in [-0.25, -0.2) is 9.38 Å². The van der Waals surface area contributed by atoms with Crippen molar-refractivity contribution in [3.8, 4) is 28.5 Å². The van der Waals surface area contributed by atoms with Crippen LogP contribution in [0.3, 0.4) is 0 Å². The summed E-state index contributed by atoms with van der Waals surface area (Å²) >= 11 is 1.55. The molecule has 0 saturated carbocycles. The van der Waals surface area contributed by atoms with Gasteiger partial charge in [-0.3, -0.25) is 0 Å². The number of aromatic nitrogens is 1. The van der Waals surface area contributed by atoms with Crippen LogP contribution in [0.1, 0.15) is 20.3 Å². The minimum absolute atomic E-state index is 0.273. The maximum absolute atomic E-state index is 13.4. The number of hydrogen-bond acceptors (Lipinski definition) is 6. The summed E-state index contributed by atoms with van der Waals surface area (Å²) < 4.78 is 32.2. The first-order valence-electron chi connectivity index (χ1n) is 11.1. The van der Waals surface area contributed by atoms with Crippen LogP contribution in [0.15, 0.2) is 46.8 Å². The zero-order valence-electron chi connectivity index (χ0n) is 19.9. The molecule has 178 valence electrons. The third kappa shape index (κ3) is 5.94. The van der Waals surface area contributed by atoms with Gasteiger partial charge in [0, 0.05) is 17.5 Å². The average molecular weight is 474 g/mol. The number of nitrogens with zero attached hydrogens (tertiary/aromatic N) is 3. The van der Waals surface area contributed by atoms with Gasteiger partial charge in [0.2, 0.25) is 5.75 Å². The molecule has 6 nitrogen and oxygen atoms in total. The van der Waals surface area contributed by atoms with Crippen molar-refractivity contribution < 1.29 is 18.6 Å². The van der Waals surface area contributed by atoms with E-state index < -0.39 is 0 Å². The number of thiazole rings is 1. The summed E-state index contributed by atoms with van der Waals surface area (Å²) in [7, 11) is 4.82. The molecule has 1 aromatic heterocycles. The van der Waals surface area contributed by atoms with E-state index in [9.17, 15) is 4.39 Å². The van der Waals surface area contributed by atoms with Crippen molar-refractivity contribution in [1.29, 1.82) is 0 Å². The number of methoxy groups -OCH3 is 3. The van der Waals surface area contributed by atoms with Crippen LogP contribution in [0.5, 0.6) is 17.2 Å². The Bertz CT molecular complexity index is 1080. The van der Waals surface area contributed by atoms with Gasteiger partial charge in [-0.2, -0.15) is 0 Å². The zero-order valence-corrected chi connectivity index (χ0v) is 20.7. The lowest BCUT2D eigenvalue weighted by Gasteiger charge is -2.19. The van der Waals surface area contributed by atoms with E-state index in [1.807, 2.05) is 12.1 Å². The smallest absolute Gasteiger partial charge is 0.203 e. The van der Waals surface area contributed by atoms with Gasteiger partial charge in [-0.1, -0.05) is 13.8 Å². The standard InChI is InChI=1S/C25H32FN3O3S/c1-6-28(7-2)13-8-14-29-21(17-33-25(29)27-20-11-9-19(26)10-12-20)18-15-22(30-3)24(32-5)23(16-18)31-4/h9-12,15-17H,6-8,13-14H2,1-5H3. The van der Waals surface area contributed by atoms with E-state index in [0.717, 1.165) is 48.7 Å². The molecule has 3 aromatic rings. The van der Waals surface area contributed by atoms with E-state index in [4.69, 9.17) is 19.2 Å². The second-order valence-electron chi connectivity index (χ2n) is 7.44. The Balaban J connectivity index is 2.07. The molecule has 0 bridgehead atoms. The molecule has 0 saturated heterocycles. The van der Waals surface area contributed by atoms with Crippen LogP contribution in [-0.2, 0) is 6.54 Å². The largest absolute Gasteiger partial charge is 0.493 e. The van der Waals surface area contributed by atoms with E-state index in [-0.39, 0.29) is 5.82 Å². The highest BCUT2D eigenvalue weighted by molar-refractivity contribution is 7.07. The highest BCUT2D eigenvalue weighted by Gasteiger charge is 2.17. The molecule has 1 heterocycles. The summed E-state index contributed by atoms with van der Waals surface area (Å²) in [6.45, 7) is 8.21. The van der Waals surface area contributed by atoms with Gasteiger partial charge in [0.1, 0.15) is 5.82 Å². The monoisotopic (exact) mass is 473 g/mol. The predicted octanol–water partition coefficient (Wildman–Crippen LogP) is 5.35. The van der Waals surface area contributed by atoms with Gasteiger partial charge in [-0.15, -0.1) is 11.3 Å². The van der Waals surface area contributed by atoms with Crippen LogP contribution in [0, 0.1) is 5.82 Å². The molecule has 33 heavy (non-hydrogen) atoms. The van der Waals surface area contributed by atoms with Crippen LogP contribution in [-0.4, -0.2) is 50.4 Å². The lowest BCUT2D eigenvalue weighted by atomic mass is 10.1. The Morgan fingerprint density at radius 1 is 0.970 bits per heavy atom. The topological polar surface area (TPSA) is 48.2 Å². The SMILES string of the molecule is CCN(CC)CCCn1c(-c2cc(OC)c(OC)c(OC)c2)csc1=Nc1ccc(F)cc1. The maximum Gasteiger partial charge on any atom is 0.203 e. The normalized spacial score (nSPS) is 11.8. The summed E-state index contributed by atoms with van der Waals surface area (Å²) in [5.74, 6) is 1.49. The molecule has 0 unspecified atom stereocenters. The van der Waals surface area contributed by atoms with E-state index >= 15 is 0 Å². The Labute approximate surface area is 198 Å². The van der Waals surface area contributed by atoms with Crippen LogP contribution in [0.25, 0.3) is 11.3 Å². The summed E-state index contributed by atoms with van der Waals surface area (Å²) in [4.78, 5) is 8.06. The Morgan fingerprint density at radius 2 is 1.61 bits per heavy atom. The number of benzene rings is 2. The summed E-state index contributed by atoms with van der Waals surface area (Å²) in [6, 6.07) is 10.1. The highest BCUT2D eigenvalue weighted by atomic mass is 32.1. The Hall–Kier alpha value is -2.84. The maximum atomic E-state index is 13.4. The van der Waals surface area contributed by atoms with Crippen molar-refractivity contribution in [1.82, 2.24) is 9.47 Å². The fourth-order valence-electron chi connectivity index (χ4n) is 3.71. The van der Waals surface area contributed by atoms with Crippen molar-refractivity contribution in [2.24, 2.45) is 4.99 Å². The zero-order chi connectivity index (χ0) is 23.8. The number of halogens is 1. The first-order chi connectivity index (χ1) is 16.0. The third-order valence-electron chi connectivity index (χ3n) is 5.56. The van der Waals surface area contributed by atoms with Crippen molar-refractivity contribution in [3.05, 3.63) is 52.4 Å². The van der Waals surface area contributed by atoms with Crippen LogP contribution >= 0.6 is 11.3 Å². The molecule has 0 amide bonds. The van der Waals surface area contributed by atoms with E-state index in [1.165, 1.54) is 12.1 Å². The first-order valence-corrected chi connectivity index (χ1v) is 11.9. The van der Waals surface area contributed by atoms with Gasteiger partial charge in [-0.05, 0) is 62.5 Å². The molecule has 0 aliphatic carbocycles. The molecule has 2 aromatic carbocycles. The lowest BCUT2D eigenvalue weighted by Crippen LogP contribution is -2.26. The number of rotatable bonds is 11. The molecular weight excluding hydrogens is 441 g/mol. The lowest BCUT2D eigenvalue weighted by molar-refractivity contribution is 0.293. The quantitative estimate of drug-likeness (QED) is 0.377. The molecule has 0 aliphatic heterocycles. The molecule has 0 N–H and O–H groups in total. The third-order valence-corrected chi connectivity index (χ3v) is 6.42. The minimum atomic E-state index is -0.273. The number of ether oxygens (including phenoxy) is 3. The Kier molecular flexibility index (Phi) is 8.91. The summed E-state index contributed by atoms with van der Waals surface area (Å²) in [6.07, 6.45) is 0.979. The van der Waals surface area contributed by atoms with E-state index in [2.05, 4.69) is 28.7 Å². The molecular formula is C25H32FN3O3S.